The molecule has 2 rings (SSSR count). The molecule has 1 aromatic carbocycles. The number of anilines is 2. The van der Waals surface area contributed by atoms with Gasteiger partial charge in [0.15, 0.2) is 5.76 Å². The summed E-state index contributed by atoms with van der Waals surface area (Å²) in [5.74, 6) is -1.69. The highest BCUT2D eigenvalue weighted by molar-refractivity contribution is 6.03. The summed E-state index contributed by atoms with van der Waals surface area (Å²) in [7, 11) is 2.39. The molecule has 1 heterocycles. The van der Waals surface area contributed by atoms with Crippen LogP contribution in [0.25, 0.3) is 0 Å². The zero-order valence-corrected chi connectivity index (χ0v) is 14.5. The van der Waals surface area contributed by atoms with Crippen molar-refractivity contribution in [2.45, 2.75) is 6.92 Å². The molecule has 1 aromatic heterocycles. The lowest BCUT2D eigenvalue weighted by atomic mass is 10.1. The Morgan fingerprint density at radius 2 is 1.69 bits per heavy atom. The molecule has 1 amide bonds. The van der Waals surface area contributed by atoms with Crippen molar-refractivity contribution in [1.29, 1.82) is 0 Å². The lowest BCUT2D eigenvalue weighted by Gasteiger charge is -2.14. The number of furan rings is 1. The normalized spacial score (nSPS) is 10.8. The first-order valence-corrected chi connectivity index (χ1v) is 7.55. The molecular weight excluding hydrogens is 340 g/mol. The molecule has 0 saturated heterocycles. The van der Waals surface area contributed by atoms with Crippen molar-refractivity contribution in [3.63, 3.8) is 0 Å². The van der Waals surface area contributed by atoms with Gasteiger partial charge in [-0.15, -0.1) is 0 Å². The smallest absolute Gasteiger partial charge is 0.354 e. The molecular formula is C18H18N2O6. The number of hydrogen-bond acceptors (Lipinski definition) is 7. The third-order valence-electron chi connectivity index (χ3n) is 3.46. The van der Waals surface area contributed by atoms with E-state index >= 15 is 0 Å². The van der Waals surface area contributed by atoms with Gasteiger partial charge in [0.25, 0.3) is 5.91 Å². The summed E-state index contributed by atoms with van der Waals surface area (Å²) in [4.78, 5) is 35.4. The van der Waals surface area contributed by atoms with Crippen molar-refractivity contribution in [2.24, 2.45) is 0 Å². The van der Waals surface area contributed by atoms with E-state index in [0.717, 1.165) is 6.08 Å². The molecule has 0 fully saturated rings. The molecule has 0 bridgehead atoms. The molecule has 26 heavy (non-hydrogen) atoms. The first-order chi connectivity index (χ1) is 12.5. The second kappa shape index (κ2) is 8.52. The minimum Gasteiger partial charge on any atom is -0.466 e. The summed E-state index contributed by atoms with van der Waals surface area (Å²) in [5, 5.41) is 5.54. The van der Waals surface area contributed by atoms with Crippen LogP contribution in [0, 0.1) is 6.92 Å². The highest BCUT2D eigenvalue weighted by Gasteiger charge is 2.16. The van der Waals surface area contributed by atoms with Crippen LogP contribution in [0.3, 0.4) is 0 Å². The Morgan fingerprint density at radius 3 is 2.27 bits per heavy atom. The predicted octanol–water partition coefficient (Wildman–Crippen LogP) is 2.48. The van der Waals surface area contributed by atoms with Crippen molar-refractivity contribution in [3.8, 4) is 0 Å². The Kier molecular flexibility index (Phi) is 6.15. The number of rotatable bonds is 6. The average Bonchev–Trinajstić information content (AvgIpc) is 3.18. The van der Waals surface area contributed by atoms with Crippen molar-refractivity contribution < 1.29 is 28.3 Å². The van der Waals surface area contributed by atoms with Gasteiger partial charge in [-0.2, -0.15) is 0 Å². The maximum atomic E-state index is 12.1. The van der Waals surface area contributed by atoms with Gasteiger partial charge in [0.05, 0.1) is 26.6 Å². The number of carbonyl (C=O) groups is 3. The first-order valence-electron chi connectivity index (χ1n) is 7.55. The van der Waals surface area contributed by atoms with Gasteiger partial charge in [-0.3, -0.25) is 4.79 Å². The maximum absolute atomic E-state index is 12.1. The Balaban J connectivity index is 2.27. The third-order valence-corrected chi connectivity index (χ3v) is 3.46. The van der Waals surface area contributed by atoms with Gasteiger partial charge in [0.1, 0.15) is 5.70 Å². The van der Waals surface area contributed by atoms with E-state index in [0.29, 0.717) is 16.9 Å². The lowest BCUT2D eigenvalue weighted by Crippen LogP contribution is -2.17. The molecule has 0 aliphatic carbocycles. The van der Waals surface area contributed by atoms with E-state index in [-0.39, 0.29) is 11.5 Å². The van der Waals surface area contributed by atoms with Crippen molar-refractivity contribution in [2.75, 3.05) is 24.9 Å². The van der Waals surface area contributed by atoms with E-state index in [1.165, 1.54) is 20.5 Å². The van der Waals surface area contributed by atoms with E-state index in [9.17, 15) is 14.4 Å². The van der Waals surface area contributed by atoms with Crippen LogP contribution in [-0.2, 0) is 19.1 Å². The van der Waals surface area contributed by atoms with Gasteiger partial charge >= 0.3 is 11.9 Å². The largest absolute Gasteiger partial charge is 0.466 e. The highest BCUT2D eigenvalue weighted by atomic mass is 16.5. The van der Waals surface area contributed by atoms with E-state index < -0.39 is 17.8 Å². The van der Waals surface area contributed by atoms with Crippen LogP contribution in [-0.4, -0.2) is 32.1 Å². The van der Waals surface area contributed by atoms with Crippen LogP contribution in [0.4, 0.5) is 11.4 Å². The fourth-order valence-electron chi connectivity index (χ4n) is 2.08. The molecule has 2 N–H and O–H groups in total. The van der Waals surface area contributed by atoms with Gasteiger partial charge in [-0.25, -0.2) is 9.59 Å². The van der Waals surface area contributed by atoms with Crippen molar-refractivity contribution in [1.82, 2.24) is 0 Å². The highest BCUT2D eigenvalue weighted by Crippen LogP contribution is 2.25. The molecule has 8 heteroatoms. The standard InChI is InChI=1S/C18H18N2O6/c1-11-12(19-14(18(23)25-3)10-16(21)24-2)6-4-7-13(11)20-17(22)15-8-5-9-26-15/h4-10,19H,1-3H3,(H,20,22)/b14-10+. The lowest BCUT2D eigenvalue weighted by molar-refractivity contribution is -0.138. The SMILES string of the molecule is COC(=O)/C=C(/Nc1cccc(NC(=O)c2ccco2)c1C)C(=O)OC. The Bertz CT molecular complexity index is 839. The Labute approximate surface area is 149 Å². The predicted molar refractivity (Wildman–Crippen MR) is 93.6 cm³/mol. The second-order valence-corrected chi connectivity index (χ2v) is 5.11. The first kappa shape index (κ1) is 18.8. The average molecular weight is 358 g/mol. The Morgan fingerprint density at radius 1 is 1.00 bits per heavy atom. The molecule has 0 aliphatic heterocycles. The minimum atomic E-state index is -0.736. The summed E-state index contributed by atoms with van der Waals surface area (Å²) >= 11 is 0. The number of ether oxygens (including phenoxy) is 2. The van der Waals surface area contributed by atoms with Gasteiger partial charge in [0, 0.05) is 11.4 Å². The van der Waals surface area contributed by atoms with Crippen molar-refractivity contribution in [3.05, 3.63) is 59.7 Å². The zero-order chi connectivity index (χ0) is 19.1. The van der Waals surface area contributed by atoms with E-state index in [2.05, 4.69) is 20.1 Å². The summed E-state index contributed by atoms with van der Waals surface area (Å²) < 4.78 is 14.2. The fraction of sp³-hybridized carbons (Fsp3) is 0.167. The quantitative estimate of drug-likeness (QED) is 0.603. The molecule has 0 spiro atoms. The topological polar surface area (TPSA) is 107 Å². The molecule has 0 radical (unpaired) electrons. The monoisotopic (exact) mass is 358 g/mol. The third kappa shape index (κ3) is 4.50. The number of methoxy groups -OCH3 is 2. The number of nitrogens with one attached hydrogen (secondary N) is 2. The van der Waals surface area contributed by atoms with Crippen LogP contribution in [0.1, 0.15) is 16.1 Å². The fourth-order valence-corrected chi connectivity index (χ4v) is 2.08. The molecule has 0 saturated carbocycles. The van der Waals surface area contributed by atoms with E-state index in [1.807, 2.05) is 0 Å². The van der Waals surface area contributed by atoms with Gasteiger partial charge in [-0.05, 0) is 36.8 Å². The number of esters is 2. The molecule has 136 valence electrons. The van der Waals surface area contributed by atoms with E-state index in [1.54, 1.807) is 37.3 Å². The Hall–Kier alpha value is -3.55. The zero-order valence-electron chi connectivity index (χ0n) is 14.5. The van der Waals surface area contributed by atoms with Gasteiger partial charge in [-0.1, -0.05) is 6.07 Å². The molecule has 0 aliphatic rings. The molecule has 0 unspecified atom stereocenters. The van der Waals surface area contributed by atoms with Crippen LogP contribution in [0.15, 0.2) is 52.8 Å². The van der Waals surface area contributed by atoms with Crippen LogP contribution >= 0.6 is 0 Å². The number of amides is 1. The van der Waals surface area contributed by atoms with Crippen LogP contribution in [0.5, 0.6) is 0 Å². The summed E-state index contributed by atoms with van der Waals surface area (Å²) in [6.07, 6.45) is 2.39. The van der Waals surface area contributed by atoms with Crippen LogP contribution in [0.2, 0.25) is 0 Å². The second-order valence-electron chi connectivity index (χ2n) is 5.11. The van der Waals surface area contributed by atoms with Gasteiger partial charge in [0.2, 0.25) is 0 Å². The van der Waals surface area contributed by atoms with E-state index in [4.69, 9.17) is 4.42 Å². The number of carbonyl (C=O) groups excluding carboxylic acids is 3. The number of hydrogen-bond donors (Lipinski definition) is 2. The minimum absolute atomic E-state index is 0.100. The summed E-state index contributed by atoms with van der Waals surface area (Å²) in [5.41, 5.74) is 1.56. The van der Waals surface area contributed by atoms with Crippen molar-refractivity contribution >= 4 is 29.2 Å². The molecule has 0 atom stereocenters. The summed E-state index contributed by atoms with van der Waals surface area (Å²) in [6, 6.07) is 8.22. The maximum Gasteiger partial charge on any atom is 0.354 e. The van der Waals surface area contributed by atoms with Gasteiger partial charge < -0.3 is 24.5 Å². The molecule has 2 aromatic rings. The summed E-state index contributed by atoms with van der Waals surface area (Å²) in [6.45, 7) is 1.74. The molecule has 8 nitrogen and oxygen atoms in total. The van der Waals surface area contributed by atoms with Crippen LogP contribution < -0.4 is 10.6 Å². The number of benzene rings is 1.